The molecule has 1 saturated heterocycles. The number of carbonyl (C=O) groups excluding carboxylic acids is 1. The number of ether oxygens (including phenoxy) is 1. The minimum Gasteiger partial charge on any atom is -0.364 e. The van der Waals surface area contributed by atoms with Crippen LogP contribution >= 0.6 is 11.8 Å². The Kier molecular flexibility index (Phi) is 5.00. The SMILES string of the molecule is Cn1ccnc1Sc1ccc(NC(=O)[C@@H]2CC[C@H](CN)O2)cc1. The molecule has 3 N–H and O–H groups in total. The maximum Gasteiger partial charge on any atom is 0.253 e. The Morgan fingerprint density at radius 3 is 2.83 bits per heavy atom. The summed E-state index contributed by atoms with van der Waals surface area (Å²) < 4.78 is 7.56. The summed E-state index contributed by atoms with van der Waals surface area (Å²) in [5, 5.41) is 3.82. The highest BCUT2D eigenvalue weighted by Crippen LogP contribution is 2.27. The summed E-state index contributed by atoms with van der Waals surface area (Å²) in [5.41, 5.74) is 6.33. The highest BCUT2D eigenvalue weighted by molar-refractivity contribution is 7.99. The van der Waals surface area contributed by atoms with Crippen molar-refractivity contribution in [2.24, 2.45) is 12.8 Å². The second-order valence-corrected chi connectivity index (χ2v) is 6.54. The molecule has 1 fully saturated rings. The first-order valence-electron chi connectivity index (χ1n) is 7.57. The maximum atomic E-state index is 12.2. The zero-order valence-electron chi connectivity index (χ0n) is 12.9. The molecule has 2 aromatic rings. The molecule has 0 aliphatic carbocycles. The second-order valence-electron chi connectivity index (χ2n) is 5.50. The van der Waals surface area contributed by atoms with Gasteiger partial charge in [-0.25, -0.2) is 4.98 Å². The van der Waals surface area contributed by atoms with Gasteiger partial charge < -0.3 is 20.4 Å². The van der Waals surface area contributed by atoms with E-state index in [1.807, 2.05) is 42.1 Å². The first kappa shape index (κ1) is 16.0. The lowest BCUT2D eigenvalue weighted by Gasteiger charge is -2.13. The Labute approximate surface area is 139 Å². The molecule has 2 heterocycles. The van der Waals surface area contributed by atoms with Crippen molar-refractivity contribution in [2.75, 3.05) is 11.9 Å². The van der Waals surface area contributed by atoms with Gasteiger partial charge in [-0.1, -0.05) is 11.8 Å². The molecule has 0 bridgehead atoms. The molecule has 0 saturated carbocycles. The van der Waals surface area contributed by atoms with Gasteiger partial charge in [0.05, 0.1) is 6.10 Å². The molecule has 1 aliphatic rings. The highest BCUT2D eigenvalue weighted by atomic mass is 32.2. The van der Waals surface area contributed by atoms with Crippen LogP contribution in [0.3, 0.4) is 0 Å². The number of aromatic nitrogens is 2. The normalized spacial score (nSPS) is 20.6. The first-order chi connectivity index (χ1) is 11.2. The number of imidazole rings is 1. The molecule has 122 valence electrons. The lowest BCUT2D eigenvalue weighted by atomic mass is 10.2. The number of nitrogens with one attached hydrogen (secondary N) is 1. The van der Waals surface area contributed by atoms with Crippen LogP contribution in [0.2, 0.25) is 0 Å². The van der Waals surface area contributed by atoms with Gasteiger partial charge in [-0.3, -0.25) is 4.79 Å². The Hall–Kier alpha value is -1.83. The van der Waals surface area contributed by atoms with Gasteiger partial charge in [-0.2, -0.15) is 0 Å². The molecule has 7 heteroatoms. The monoisotopic (exact) mass is 332 g/mol. The third-order valence-electron chi connectivity index (χ3n) is 3.77. The summed E-state index contributed by atoms with van der Waals surface area (Å²) in [7, 11) is 1.96. The van der Waals surface area contributed by atoms with Crippen molar-refractivity contribution in [2.45, 2.75) is 35.1 Å². The summed E-state index contributed by atoms with van der Waals surface area (Å²) in [6.45, 7) is 0.461. The largest absolute Gasteiger partial charge is 0.364 e. The van der Waals surface area contributed by atoms with E-state index in [1.54, 1.807) is 18.0 Å². The van der Waals surface area contributed by atoms with Gasteiger partial charge in [0.2, 0.25) is 0 Å². The number of rotatable bonds is 5. The van der Waals surface area contributed by atoms with E-state index in [4.69, 9.17) is 10.5 Å². The van der Waals surface area contributed by atoms with E-state index >= 15 is 0 Å². The molecule has 3 rings (SSSR count). The van der Waals surface area contributed by atoms with Gasteiger partial charge in [-0.15, -0.1) is 0 Å². The topological polar surface area (TPSA) is 82.2 Å². The van der Waals surface area contributed by atoms with Gasteiger partial charge in [0, 0.05) is 36.6 Å². The summed E-state index contributed by atoms with van der Waals surface area (Å²) >= 11 is 1.58. The van der Waals surface area contributed by atoms with Crippen molar-refractivity contribution < 1.29 is 9.53 Å². The van der Waals surface area contributed by atoms with E-state index in [0.717, 1.165) is 28.6 Å². The fourth-order valence-electron chi connectivity index (χ4n) is 2.46. The summed E-state index contributed by atoms with van der Waals surface area (Å²) in [6, 6.07) is 7.71. The van der Waals surface area contributed by atoms with Gasteiger partial charge in [0.1, 0.15) is 6.10 Å². The molecule has 0 spiro atoms. The number of hydrogen-bond acceptors (Lipinski definition) is 5. The van der Waals surface area contributed by atoms with E-state index in [0.29, 0.717) is 6.54 Å². The fraction of sp³-hybridized carbons (Fsp3) is 0.375. The Bertz CT molecular complexity index is 671. The van der Waals surface area contributed by atoms with E-state index in [2.05, 4.69) is 10.3 Å². The minimum absolute atomic E-state index is 0.00214. The van der Waals surface area contributed by atoms with Crippen LogP contribution in [0.25, 0.3) is 0 Å². The molecule has 1 aliphatic heterocycles. The lowest BCUT2D eigenvalue weighted by molar-refractivity contribution is -0.126. The molecular formula is C16H20N4O2S. The number of anilines is 1. The van der Waals surface area contributed by atoms with Crippen LogP contribution in [-0.2, 0) is 16.6 Å². The quantitative estimate of drug-likeness (QED) is 0.875. The third kappa shape index (κ3) is 3.93. The first-order valence-corrected chi connectivity index (χ1v) is 8.39. The Morgan fingerprint density at radius 2 is 2.22 bits per heavy atom. The minimum atomic E-state index is -0.398. The van der Waals surface area contributed by atoms with Gasteiger partial charge >= 0.3 is 0 Å². The van der Waals surface area contributed by atoms with Crippen LogP contribution < -0.4 is 11.1 Å². The molecule has 0 radical (unpaired) electrons. The van der Waals surface area contributed by atoms with Crippen LogP contribution in [0.5, 0.6) is 0 Å². The molecule has 1 aromatic heterocycles. The molecular weight excluding hydrogens is 312 g/mol. The Balaban J connectivity index is 1.57. The van der Waals surface area contributed by atoms with Crippen molar-refractivity contribution in [3.63, 3.8) is 0 Å². The van der Waals surface area contributed by atoms with Crippen LogP contribution in [0.4, 0.5) is 5.69 Å². The van der Waals surface area contributed by atoms with Gasteiger partial charge in [0.25, 0.3) is 5.91 Å². The summed E-state index contributed by atoms with van der Waals surface area (Å²) in [5.74, 6) is -0.106. The molecule has 23 heavy (non-hydrogen) atoms. The number of nitrogens with zero attached hydrogens (tertiary/aromatic N) is 2. The predicted molar refractivity (Wildman–Crippen MR) is 89.4 cm³/mol. The van der Waals surface area contributed by atoms with Gasteiger partial charge in [0.15, 0.2) is 5.16 Å². The molecule has 1 amide bonds. The van der Waals surface area contributed by atoms with E-state index in [-0.39, 0.29) is 12.0 Å². The number of nitrogens with two attached hydrogens (primary N) is 1. The Morgan fingerprint density at radius 1 is 1.43 bits per heavy atom. The second kappa shape index (κ2) is 7.16. The number of amides is 1. The highest BCUT2D eigenvalue weighted by Gasteiger charge is 2.29. The van der Waals surface area contributed by atoms with E-state index in [9.17, 15) is 4.79 Å². The van der Waals surface area contributed by atoms with Crippen molar-refractivity contribution in [3.8, 4) is 0 Å². The fourth-order valence-corrected chi connectivity index (χ4v) is 3.26. The maximum absolute atomic E-state index is 12.2. The average molecular weight is 332 g/mol. The third-order valence-corrected chi connectivity index (χ3v) is 4.85. The van der Waals surface area contributed by atoms with Crippen LogP contribution in [0.15, 0.2) is 46.7 Å². The predicted octanol–water partition coefficient (Wildman–Crippen LogP) is 2.02. The summed E-state index contributed by atoms with van der Waals surface area (Å²) in [6.07, 6.45) is 4.85. The van der Waals surface area contributed by atoms with Crippen LogP contribution in [0.1, 0.15) is 12.8 Å². The molecule has 1 aromatic carbocycles. The molecule has 6 nitrogen and oxygen atoms in total. The summed E-state index contributed by atoms with van der Waals surface area (Å²) in [4.78, 5) is 17.5. The van der Waals surface area contributed by atoms with Crippen molar-refractivity contribution in [1.29, 1.82) is 0 Å². The van der Waals surface area contributed by atoms with Gasteiger partial charge in [-0.05, 0) is 37.1 Å². The van der Waals surface area contributed by atoms with Crippen molar-refractivity contribution in [3.05, 3.63) is 36.7 Å². The number of aryl methyl sites for hydroxylation is 1. The number of benzene rings is 1. The zero-order valence-corrected chi connectivity index (χ0v) is 13.8. The van der Waals surface area contributed by atoms with Crippen molar-refractivity contribution >= 4 is 23.4 Å². The standard InChI is InChI=1S/C16H20N4O2S/c1-20-9-8-18-16(20)23-13-5-2-11(3-6-13)19-15(21)14-7-4-12(10-17)22-14/h2-3,5-6,8-9,12,14H,4,7,10,17H2,1H3,(H,19,21)/t12-,14+/m1/s1. The lowest BCUT2D eigenvalue weighted by Crippen LogP contribution is -2.29. The van der Waals surface area contributed by atoms with E-state index < -0.39 is 6.10 Å². The van der Waals surface area contributed by atoms with E-state index in [1.165, 1.54) is 0 Å². The van der Waals surface area contributed by atoms with Crippen molar-refractivity contribution in [1.82, 2.24) is 9.55 Å². The zero-order chi connectivity index (χ0) is 16.2. The van der Waals surface area contributed by atoms with Crippen LogP contribution in [0, 0.1) is 0 Å². The number of carbonyl (C=O) groups is 1. The smallest absolute Gasteiger partial charge is 0.253 e. The molecule has 2 atom stereocenters. The average Bonchev–Trinajstić information content (AvgIpc) is 3.19. The number of hydrogen-bond donors (Lipinski definition) is 2. The van der Waals surface area contributed by atoms with Crippen LogP contribution in [-0.4, -0.2) is 34.2 Å². The molecule has 0 unspecified atom stereocenters.